The van der Waals surface area contributed by atoms with Crippen LogP contribution >= 0.6 is 11.6 Å². The van der Waals surface area contributed by atoms with E-state index in [1.165, 1.54) is 12.5 Å². The van der Waals surface area contributed by atoms with Crippen molar-refractivity contribution >= 4 is 23.0 Å². The SMILES string of the molecule is CC1(C)CC1CNc1ccc(Cl)cc1[N+](=O)[O-]. The molecule has 0 radical (unpaired) electrons. The number of hydrogen-bond acceptors (Lipinski definition) is 3. The average molecular weight is 255 g/mol. The van der Waals surface area contributed by atoms with E-state index in [1.54, 1.807) is 12.1 Å². The molecule has 1 aliphatic rings. The summed E-state index contributed by atoms with van der Waals surface area (Å²) in [4.78, 5) is 10.5. The van der Waals surface area contributed by atoms with Crippen LogP contribution in [0.25, 0.3) is 0 Å². The summed E-state index contributed by atoms with van der Waals surface area (Å²) >= 11 is 5.75. The Morgan fingerprint density at radius 3 is 2.76 bits per heavy atom. The molecule has 0 heterocycles. The predicted octanol–water partition coefficient (Wildman–Crippen LogP) is 3.71. The van der Waals surface area contributed by atoms with Crippen molar-refractivity contribution in [3.8, 4) is 0 Å². The minimum absolute atomic E-state index is 0.0379. The van der Waals surface area contributed by atoms with Gasteiger partial charge in [-0.3, -0.25) is 10.1 Å². The van der Waals surface area contributed by atoms with E-state index in [9.17, 15) is 10.1 Å². The van der Waals surface area contributed by atoms with E-state index < -0.39 is 4.92 Å². The van der Waals surface area contributed by atoms with Crippen molar-refractivity contribution in [3.63, 3.8) is 0 Å². The molecule has 92 valence electrons. The van der Waals surface area contributed by atoms with Gasteiger partial charge in [-0.25, -0.2) is 0 Å². The van der Waals surface area contributed by atoms with Crippen LogP contribution in [0.15, 0.2) is 18.2 Å². The normalized spacial score (nSPS) is 21.0. The molecule has 1 fully saturated rings. The van der Waals surface area contributed by atoms with Gasteiger partial charge >= 0.3 is 0 Å². The quantitative estimate of drug-likeness (QED) is 0.658. The second-order valence-electron chi connectivity index (χ2n) is 5.19. The van der Waals surface area contributed by atoms with Crippen LogP contribution in [-0.2, 0) is 0 Å². The minimum atomic E-state index is -0.410. The lowest BCUT2D eigenvalue weighted by Gasteiger charge is -2.08. The van der Waals surface area contributed by atoms with Crippen molar-refractivity contribution in [2.45, 2.75) is 20.3 Å². The smallest absolute Gasteiger partial charge is 0.293 e. The maximum absolute atomic E-state index is 10.9. The summed E-state index contributed by atoms with van der Waals surface area (Å²) in [7, 11) is 0. The van der Waals surface area contributed by atoms with Crippen LogP contribution in [0.4, 0.5) is 11.4 Å². The van der Waals surface area contributed by atoms with E-state index in [1.807, 2.05) is 0 Å². The number of nitrogens with one attached hydrogen (secondary N) is 1. The molecule has 0 amide bonds. The van der Waals surface area contributed by atoms with E-state index in [0.29, 0.717) is 22.0 Å². The Bertz CT molecular complexity index is 460. The van der Waals surface area contributed by atoms with Crippen molar-refractivity contribution in [2.75, 3.05) is 11.9 Å². The predicted molar refractivity (Wildman–Crippen MR) is 68.5 cm³/mol. The van der Waals surface area contributed by atoms with Crippen LogP contribution in [0.3, 0.4) is 0 Å². The fraction of sp³-hybridized carbons (Fsp3) is 0.500. The molecule has 0 saturated heterocycles. The molecule has 1 aromatic carbocycles. The average Bonchev–Trinajstić information content (AvgIpc) is 2.84. The summed E-state index contributed by atoms with van der Waals surface area (Å²) < 4.78 is 0. The fourth-order valence-electron chi connectivity index (χ4n) is 1.96. The van der Waals surface area contributed by atoms with E-state index in [4.69, 9.17) is 11.6 Å². The van der Waals surface area contributed by atoms with Gasteiger partial charge in [-0.1, -0.05) is 25.4 Å². The largest absolute Gasteiger partial charge is 0.379 e. The van der Waals surface area contributed by atoms with Gasteiger partial charge < -0.3 is 5.32 Å². The van der Waals surface area contributed by atoms with Gasteiger partial charge in [0.15, 0.2) is 0 Å². The summed E-state index contributed by atoms with van der Waals surface area (Å²) in [5.74, 6) is 0.595. The Morgan fingerprint density at radius 2 is 2.24 bits per heavy atom. The molecule has 0 aliphatic heterocycles. The summed E-state index contributed by atoms with van der Waals surface area (Å²) in [5, 5.41) is 14.4. The summed E-state index contributed by atoms with van der Waals surface area (Å²) in [6, 6.07) is 4.70. The molecule has 1 aromatic rings. The number of halogens is 1. The zero-order valence-electron chi connectivity index (χ0n) is 9.87. The number of nitro groups is 1. The third-order valence-electron chi connectivity index (χ3n) is 3.41. The summed E-state index contributed by atoms with van der Waals surface area (Å²) in [6.45, 7) is 5.18. The molecule has 0 aromatic heterocycles. The highest BCUT2D eigenvalue weighted by atomic mass is 35.5. The zero-order valence-corrected chi connectivity index (χ0v) is 10.6. The number of hydrogen-bond donors (Lipinski definition) is 1. The Kier molecular flexibility index (Phi) is 3.00. The lowest BCUT2D eigenvalue weighted by atomic mass is 10.1. The Hall–Kier alpha value is -1.29. The van der Waals surface area contributed by atoms with E-state index in [0.717, 1.165) is 6.54 Å². The van der Waals surface area contributed by atoms with E-state index in [-0.39, 0.29) is 5.69 Å². The van der Waals surface area contributed by atoms with Gasteiger partial charge in [-0.2, -0.15) is 0 Å². The van der Waals surface area contributed by atoms with Gasteiger partial charge in [0.25, 0.3) is 5.69 Å². The summed E-state index contributed by atoms with van der Waals surface area (Å²) in [5.41, 5.74) is 0.951. The number of benzene rings is 1. The van der Waals surface area contributed by atoms with Crippen molar-refractivity contribution < 1.29 is 4.92 Å². The Balaban J connectivity index is 2.08. The molecule has 1 saturated carbocycles. The van der Waals surface area contributed by atoms with Crippen LogP contribution in [0.5, 0.6) is 0 Å². The molecular weight excluding hydrogens is 240 g/mol. The van der Waals surface area contributed by atoms with Crippen LogP contribution in [0.1, 0.15) is 20.3 Å². The van der Waals surface area contributed by atoms with Gasteiger partial charge in [-0.15, -0.1) is 0 Å². The van der Waals surface area contributed by atoms with Crippen molar-refractivity contribution in [3.05, 3.63) is 33.3 Å². The molecule has 1 atom stereocenters. The number of rotatable bonds is 4. The lowest BCUT2D eigenvalue weighted by Crippen LogP contribution is -2.08. The number of nitrogens with zero attached hydrogens (tertiary/aromatic N) is 1. The third-order valence-corrected chi connectivity index (χ3v) is 3.65. The molecule has 0 bridgehead atoms. The van der Waals surface area contributed by atoms with Crippen molar-refractivity contribution in [2.24, 2.45) is 11.3 Å². The molecule has 0 spiro atoms. The van der Waals surface area contributed by atoms with Gasteiger partial charge in [0.1, 0.15) is 5.69 Å². The second kappa shape index (κ2) is 4.18. The highest BCUT2D eigenvalue weighted by molar-refractivity contribution is 6.30. The maximum Gasteiger partial charge on any atom is 0.293 e. The molecule has 4 nitrogen and oxygen atoms in total. The first-order valence-electron chi connectivity index (χ1n) is 5.58. The molecule has 1 N–H and O–H groups in total. The minimum Gasteiger partial charge on any atom is -0.379 e. The standard InChI is InChI=1S/C12H15ClN2O2/c1-12(2)6-8(12)7-14-10-4-3-9(13)5-11(10)15(16)17/h3-5,8,14H,6-7H2,1-2H3. The van der Waals surface area contributed by atoms with Crippen molar-refractivity contribution in [1.82, 2.24) is 0 Å². The van der Waals surface area contributed by atoms with Crippen LogP contribution in [0, 0.1) is 21.4 Å². The maximum atomic E-state index is 10.9. The zero-order chi connectivity index (χ0) is 12.6. The Morgan fingerprint density at radius 1 is 1.59 bits per heavy atom. The van der Waals surface area contributed by atoms with Crippen molar-refractivity contribution in [1.29, 1.82) is 0 Å². The first-order chi connectivity index (χ1) is 7.90. The number of nitro benzene ring substituents is 1. The van der Waals surface area contributed by atoms with Gasteiger partial charge in [-0.05, 0) is 29.9 Å². The van der Waals surface area contributed by atoms with Gasteiger partial charge in [0.05, 0.1) is 4.92 Å². The topological polar surface area (TPSA) is 55.2 Å². The molecular formula is C12H15ClN2O2. The van der Waals surface area contributed by atoms with Gasteiger partial charge in [0.2, 0.25) is 0 Å². The third kappa shape index (κ3) is 2.69. The first-order valence-corrected chi connectivity index (χ1v) is 5.96. The molecule has 17 heavy (non-hydrogen) atoms. The molecule has 5 heteroatoms. The fourth-order valence-corrected chi connectivity index (χ4v) is 2.13. The van der Waals surface area contributed by atoms with Crippen LogP contribution < -0.4 is 5.32 Å². The first kappa shape index (κ1) is 12.2. The molecule has 2 rings (SSSR count). The summed E-state index contributed by atoms with van der Waals surface area (Å²) in [6.07, 6.45) is 1.17. The number of anilines is 1. The molecule has 1 unspecified atom stereocenters. The second-order valence-corrected chi connectivity index (χ2v) is 5.63. The van der Waals surface area contributed by atoms with E-state index in [2.05, 4.69) is 19.2 Å². The monoisotopic (exact) mass is 254 g/mol. The highest BCUT2D eigenvalue weighted by Gasteiger charge is 2.45. The molecule has 1 aliphatic carbocycles. The van der Waals surface area contributed by atoms with Gasteiger partial charge in [0, 0.05) is 17.6 Å². The Labute approximate surface area is 105 Å². The lowest BCUT2D eigenvalue weighted by molar-refractivity contribution is -0.383. The van der Waals surface area contributed by atoms with E-state index >= 15 is 0 Å². The van der Waals surface area contributed by atoms with Crippen LogP contribution in [0.2, 0.25) is 5.02 Å². The highest BCUT2D eigenvalue weighted by Crippen LogP contribution is 2.51. The van der Waals surface area contributed by atoms with Crippen LogP contribution in [-0.4, -0.2) is 11.5 Å².